The predicted octanol–water partition coefficient (Wildman–Crippen LogP) is -0.317. The zero-order valence-electron chi connectivity index (χ0n) is 9.77. The molecule has 0 saturated heterocycles. The minimum Gasteiger partial charge on any atom is -0.480 e. The quantitative estimate of drug-likeness (QED) is 0.572. The maximum absolute atomic E-state index is 11.2. The first-order valence-corrected chi connectivity index (χ1v) is 5.67. The zero-order chi connectivity index (χ0) is 13.1. The Morgan fingerprint density at radius 3 is 3.06 bits per heavy atom. The number of nitrogens with two attached hydrogens (primary N) is 1. The number of fused-ring (bicyclic) bond motifs is 1. The Hall–Kier alpha value is -1.92. The van der Waals surface area contributed by atoms with Crippen molar-refractivity contribution in [3.05, 3.63) is 29.3 Å². The molecule has 1 heterocycles. The van der Waals surface area contributed by atoms with Gasteiger partial charge in [0.15, 0.2) is 0 Å². The van der Waals surface area contributed by atoms with Crippen molar-refractivity contribution >= 4 is 17.6 Å². The van der Waals surface area contributed by atoms with E-state index in [1.54, 1.807) is 0 Å². The Morgan fingerprint density at radius 1 is 1.56 bits per heavy atom. The van der Waals surface area contributed by atoms with Gasteiger partial charge in [-0.15, -0.1) is 0 Å². The van der Waals surface area contributed by atoms with Gasteiger partial charge in [0.2, 0.25) is 5.91 Å². The molecule has 1 aromatic rings. The van der Waals surface area contributed by atoms with Crippen molar-refractivity contribution in [2.24, 2.45) is 5.73 Å². The van der Waals surface area contributed by atoms with E-state index in [9.17, 15) is 9.59 Å². The summed E-state index contributed by atoms with van der Waals surface area (Å²) in [5.41, 5.74) is 8.20. The Kier molecular flexibility index (Phi) is 3.59. The fraction of sp³-hybridized carbons (Fsp3) is 0.333. The van der Waals surface area contributed by atoms with Crippen LogP contribution in [0.15, 0.2) is 18.2 Å². The van der Waals surface area contributed by atoms with Crippen molar-refractivity contribution in [1.29, 1.82) is 0 Å². The summed E-state index contributed by atoms with van der Waals surface area (Å²) in [6, 6.07) is 4.78. The van der Waals surface area contributed by atoms with Gasteiger partial charge in [0.25, 0.3) is 0 Å². The largest absolute Gasteiger partial charge is 0.480 e. The summed E-state index contributed by atoms with van der Waals surface area (Å²) in [6.07, 6.45) is 0.401. The number of carbonyl (C=O) groups excluding carboxylic acids is 1. The molecular formula is C12H15N3O3. The monoisotopic (exact) mass is 249 g/mol. The van der Waals surface area contributed by atoms with Crippen LogP contribution in [0.5, 0.6) is 0 Å². The topological polar surface area (TPSA) is 104 Å². The van der Waals surface area contributed by atoms with Crippen LogP contribution >= 0.6 is 0 Å². The Bertz CT molecular complexity index is 487. The molecule has 1 aliphatic heterocycles. The van der Waals surface area contributed by atoms with Gasteiger partial charge in [-0.3, -0.25) is 9.59 Å². The van der Waals surface area contributed by atoms with E-state index in [2.05, 4.69) is 10.6 Å². The van der Waals surface area contributed by atoms with E-state index < -0.39 is 12.0 Å². The van der Waals surface area contributed by atoms with Crippen molar-refractivity contribution in [3.63, 3.8) is 0 Å². The highest BCUT2D eigenvalue weighted by atomic mass is 16.4. The Balaban J connectivity index is 1.90. The fourth-order valence-corrected chi connectivity index (χ4v) is 1.85. The summed E-state index contributed by atoms with van der Waals surface area (Å²) in [4.78, 5) is 21.7. The van der Waals surface area contributed by atoms with E-state index in [0.717, 1.165) is 16.8 Å². The minimum absolute atomic E-state index is 0.00279. The first kappa shape index (κ1) is 12.5. The number of carboxylic acid groups (broad SMARTS) is 1. The highest BCUT2D eigenvalue weighted by Crippen LogP contribution is 2.23. The van der Waals surface area contributed by atoms with Gasteiger partial charge in [0, 0.05) is 18.8 Å². The molecular weight excluding hydrogens is 234 g/mol. The number of aliphatic carboxylic acids is 1. The van der Waals surface area contributed by atoms with Crippen LogP contribution in [0, 0.1) is 0 Å². The Morgan fingerprint density at radius 2 is 2.33 bits per heavy atom. The van der Waals surface area contributed by atoms with Gasteiger partial charge in [-0.2, -0.15) is 0 Å². The van der Waals surface area contributed by atoms with E-state index in [-0.39, 0.29) is 12.5 Å². The first-order chi connectivity index (χ1) is 8.56. The standard InChI is InChI=1S/C12H15N3O3/c13-9(12(17)18)6-14-5-7-1-2-10-8(3-7)4-11(16)15-10/h1-3,9,14H,4-6,13H2,(H,15,16)(H,17,18). The van der Waals surface area contributed by atoms with Crippen molar-refractivity contribution in [1.82, 2.24) is 5.32 Å². The molecule has 2 rings (SSSR count). The molecule has 1 amide bonds. The first-order valence-electron chi connectivity index (χ1n) is 5.67. The van der Waals surface area contributed by atoms with Crippen LogP contribution in [-0.4, -0.2) is 29.6 Å². The zero-order valence-corrected chi connectivity index (χ0v) is 9.77. The maximum atomic E-state index is 11.2. The number of nitrogens with one attached hydrogen (secondary N) is 2. The minimum atomic E-state index is -1.02. The molecule has 96 valence electrons. The van der Waals surface area contributed by atoms with E-state index >= 15 is 0 Å². The van der Waals surface area contributed by atoms with Crippen molar-refractivity contribution in [2.75, 3.05) is 11.9 Å². The highest BCUT2D eigenvalue weighted by Gasteiger charge is 2.17. The van der Waals surface area contributed by atoms with Gasteiger partial charge >= 0.3 is 5.97 Å². The normalized spacial score (nSPS) is 15.1. The van der Waals surface area contributed by atoms with Crippen molar-refractivity contribution in [3.8, 4) is 0 Å². The second-order valence-electron chi connectivity index (χ2n) is 4.29. The molecule has 1 aliphatic rings. The van der Waals surface area contributed by atoms with Crippen LogP contribution in [0.2, 0.25) is 0 Å². The number of hydrogen-bond donors (Lipinski definition) is 4. The number of carboxylic acids is 1. The van der Waals surface area contributed by atoms with Gasteiger partial charge in [-0.05, 0) is 17.2 Å². The third kappa shape index (κ3) is 2.85. The van der Waals surface area contributed by atoms with Gasteiger partial charge < -0.3 is 21.5 Å². The lowest BCUT2D eigenvalue weighted by atomic mass is 10.1. The number of anilines is 1. The highest BCUT2D eigenvalue weighted by molar-refractivity contribution is 5.99. The molecule has 0 aromatic heterocycles. The summed E-state index contributed by atoms with van der Waals surface area (Å²) in [5.74, 6) is -1.02. The predicted molar refractivity (Wildman–Crippen MR) is 66.1 cm³/mol. The van der Waals surface area contributed by atoms with Crippen LogP contribution in [-0.2, 0) is 22.6 Å². The summed E-state index contributed by atoms with van der Waals surface area (Å²) in [5, 5.41) is 14.4. The molecule has 1 atom stereocenters. The molecule has 0 saturated carbocycles. The molecule has 1 aromatic carbocycles. The second-order valence-corrected chi connectivity index (χ2v) is 4.29. The fourth-order valence-electron chi connectivity index (χ4n) is 1.85. The lowest BCUT2D eigenvalue weighted by molar-refractivity contribution is -0.138. The Labute approximate surface area is 104 Å². The molecule has 0 bridgehead atoms. The van der Waals surface area contributed by atoms with Gasteiger partial charge in [0.1, 0.15) is 6.04 Å². The molecule has 1 unspecified atom stereocenters. The van der Waals surface area contributed by atoms with Crippen LogP contribution < -0.4 is 16.4 Å². The van der Waals surface area contributed by atoms with Crippen LogP contribution in [0.25, 0.3) is 0 Å². The summed E-state index contributed by atoms with van der Waals surface area (Å²) < 4.78 is 0. The third-order valence-corrected chi connectivity index (χ3v) is 2.81. The number of hydrogen-bond acceptors (Lipinski definition) is 4. The summed E-state index contributed by atoms with van der Waals surface area (Å²) >= 11 is 0. The van der Waals surface area contributed by atoms with Crippen LogP contribution in [0.1, 0.15) is 11.1 Å². The molecule has 6 nitrogen and oxygen atoms in total. The lowest BCUT2D eigenvalue weighted by Gasteiger charge is -2.09. The molecule has 5 N–H and O–H groups in total. The smallest absolute Gasteiger partial charge is 0.321 e. The third-order valence-electron chi connectivity index (χ3n) is 2.81. The van der Waals surface area contributed by atoms with E-state index in [0.29, 0.717) is 13.0 Å². The number of benzene rings is 1. The van der Waals surface area contributed by atoms with Crippen LogP contribution in [0.4, 0.5) is 5.69 Å². The molecule has 0 fully saturated rings. The van der Waals surface area contributed by atoms with Gasteiger partial charge in [0.05, 0.1) is 6.42 Å². The number of carbonyl (C=O) groups is 2. The van der Waals surface area contributed by atoms with Gasteiger partial charge in [-0.1, -0.05) is 12.1 Å². The van der Waals surface area contributed by atoms with Crippen molar-refractivity contribution < 1.29 is 14.7 Å². The van der Waals surface area contributed by atoms with Crippen molar-refractivity contribution in [2.45, 2.75) is 19.0 Å². The second kappa shape index (κ2) is 5.16. The van der Waals surface area contributed by atoms with E-state index in [1.165, 1.54) is 0 Å². The molecule has 18 heavy (non-hydrogen) atoms. The molecule has 6 heteroatoms. The van der Waals surface area contributed by atoms with Gasteiger partial charge in [-0.25, -0.2) is 0 Å². The number of rotatable bonds is 5. The molecule has 0 spiro atoms. The lowest BCUT2D eigenvalue weighted by Crippen LogP contribution is -2.40. The maximum Gasteiger partial charge on any atom is 0.321 e. The average molecular weight is 249 g/mol. The number of amides is 1. The summed E-state index contributed by atoms with van der Waals surface area (Å²) in [6.45, 7) is 0.742. The summed E-state index contributed by atoms with van der Waals surface area (Å²) in [7, 11) is 0. The van der Waals surface area contributed by atoms with E-state index in [1.807, 2.05) is 18.2 Å². The molecule has 0 aliphatic carbocycles. The average Bonchev–Trinajstić information content (AvgIpc) is 2.68. The SMILES string of the molecule is NC(CNCc1ccc2c(c1)CC(=O)N2)C(=O)O. The van der Waals surface area contributed by atoms with Crippen LogP contribution in [0.3, 0.4) is 0 Å². The van der Waals surface area contributed by atoms with E-state index in [4.69, 9.17) is 10.8 Å². The molecule has 0 radical (unpaired) electrons.